The second kappa shape index (κ2) is 3.56. The number of ketones is 1. The Morgan fingerprint density at radius 1 is 1.25 bits per heavy atom. The largest absolute Gasteiger partial charge is 0.292 e. The third kappa shape index (κ3) is 1.52. The van der Waals surface area contributed by atoms with Crippen molar-refractivity contribution in [3.05, 3.63) is 42.2 Å². The number of benzene rings is 1. The molecule has 80 valence electrons. The molecule has 1 aliphatic carbocycles. The highest BCUT2D eigenvalue weighted by Gasteiger charge is 2.32. The molecule has 0 amide bonds. The Labute approximate surface area is 92.9 Å². The van der Waals surface area contributed by atoms with Gasteiger partial charge in [0.2, 0.25) is 0 Å². The fraction of sp³-hybridized carbons (Fsp3) is 0.250. The second-order valence-corrected chi connectivity index (χ2v) is 4.01. The monoisotopic (exact) mass is 213 g/mol. The van der Waals surface area contributed by atoms with Crippen molar-refractivity contribution in [2.75, 3.05) is 0 Å². The van der Waals surface area contributed by atoms with Crippen molar-refractivity contribution in [3.8, 4) is 5.69 Å². The fourth-order valence-corrected chi connectivity index (χ4v) is 1.72. The maximum Gasteiger partial charge on any atom is 0.186 e. The summed E-state index contributed by atoms with van der Waals surface area (Å²) in [6.45, 7) is 0. The van der Waals surface area contributed by atoms with Crippen LogP contribution in [0, 0.1) is 5.92 Å². The van der Waals surface area contributed by atoms with Crippen LogP contribution in [0.15, 0.2) is 36.5 Å². The van der Waals surface area contributed by atoms with Crippen molar-refractivity contribution in [1.29, 1.82) is 0 Å². The van der Waals surface area contributed by atoms with E-state index in [0.29, 0.717) is 5.69 Å². The van der Waals surface area contributed by atoms with E-state index in [0.717, 1.165) is 18.5 Å². The van der Waals surface area contributed by atoms with E-state index in [1.807, 2.05) is 30.3 Å². The summed E-state index contributed by atoms with van der Waals surface area (Å²) in [5.41, 5.74) is 1.47. The molecule has 1 aromatic heterocycles. The molecule has 3 rings (SSSR count). The lowest BCUT2D eigenvalue weighted by Gasteiger charge is -2.03. The molecule has 1 heterocycles. The predicted octanol–water partition coefficient (Wildman–Crippen LogP) is 1.86. The zero-order valence-electron chi connectivity index (χ0n) is 8.71. The van der Waals surface area contributed by atoms with E-state index in [2.05, 4.69) is 10.3 Å². The van der Waals surface area contributed by atoms with Crippen molar-refractivity contribution < 1.29 is 4.79 Å². The lowest BCUT2D eigenvalue weighted by molar-refractivity contribution is 0.0960. The average Bonchev–Trinajstić information content (AvgIpc) is 3.06. The molecule has 0 radical (unpaired) electrons. The first-order chi connectivity index (χ1) is 7.86. The predicted molar refractivity (Wildman–Crippen MR) is 58.4 cm³/mol. The van der Waals surface area contributed by atoms with Crippen LogP contribution >= 0.6 is 0 Å². The minimum atomic E-state index is 0.161. The molecular formula is C12H11N3O. The molecule has 0 bridgehead atoms. The van der Waals surface area contributed by atoms with Gasteiger partial charge in [0.05, 0.1) is 11.9 Å². The Balaban J connectivity index is 2.02. The molecule has 0 atom stereocenters. The van der Waals surface area contributed by atoms with Gasteiger partial charge in [-0.15, -0.1) is 5.10 Å². The summed E-state index contributed by atoms with van der Waals surface area (Å²) in [7, 11) is 0. The quantitative estimate of drug-likeness (QED) is 0.731. The van der Waals surface area contributed by atoms with Gasteiger partial charge in [-0.05, 0) is 25.0 Å². The summed E-state index contributed by atoms with van der Waals surface area (Å²) in [6, 6.07) is 9.60. The van der Waals surface area contributed by atoms with Crippen molar-refractivity contribution in [2.24, 2.45) is 5.92 Å². The first kappa shape index (κ1) is 9.27. The van der Waals surface area contributed by atoms with Crippen LogP contribution in [-0.2, 0) is 0 Å². The van der Waals surface area contributed by atoms with Crippen LogP contribution in [0.1, 0.15) is 23.3 Å². The summed E-state index contributed by atoms with van der Waals surface area (Å²) in [4.78, 5) is 12.0. The van der Waals surface area contributed by atoms with Gasteiger partial charge >= 0.3 is 0 Å². The van der Waals surface area contributed by atoms with Crippen LogP contribution in [-0.4, -0.2) is 20.8 Å². The lowest BCUT2D eigenvalue weighted by Crippen LogP contribution is -2.10. The Morgan fingerprint density at radius 3 is 2.69 bits per heavy atom. The third-order valence-corrected chi connectivity index (χ3v) is 2.75. The molecule has 1 fully saturated rings. The van der Waals surface area contributed by atoms with E-state index in [-0.39, 0.29) is 11.7 Å². The maximum absolute atomic E-state index is 12.0. The van der Waals surface area contributed by atoms with Gasteiger partial charge in [-0.1, -0.05) is 23.4 Å². The molecule has 0 saturated heterocycles. The molecule has 16 heavy (non-hydrogen) atoms. The Hall–Kier alpha value is -1.97. The van der Waals surface area contributed by atoms with E-state index in [4.69, 9.17) is 0 Å². The minimum absolute atomic E-state index is 0.161. The maximum atomic E-state index is 12.0. The van der Waals surface area contributed by atoms with Crippen LogP contribution in [0.4, 0.5) is 0 Å². The average molecular weight is 213 g/mol. The Kier molecular flexibility index (Phi) is 2.06. The van der Waals surface area contributed by atoms with Crippen LogP contribution in [0.2, 0.25) is 0 Å². The van der Waals surface area contributed by atoms with Gasteiger partial charge in [0.1, 0.15) is 5.69 Å². The Morgan fingerprint density at radius 2 is 2.00 bits per heavy atom. The van der Waals surface area contributed by atoms with Gasteiger partial charge in [-0.2, -0.15) is 0 Å². The van der Waals surface area contributed by atoms with Crippen molar-refractivity contribution in [2.45, 2.75) is 12.8 Å². The number of rotatable bonds is 3. The Bertz CT molecular complexity index is 514. The van der Waals surface area contributed by atoms with E-state index in [9.17, 15) is 4.79 Å². The molecule has 4 nitrogen and oxygen atoms in total. The van der Waals surface area contributed by atoms with Crippen LogP contribution < -0.4 is 0 Å². The molecule has 0 aliphatic heterocycles. The highest BCUT2D eigenvalue weighted by atomic mass is 16.1. The van der Waals surface area contributed by atoms with E-state index in [1.165, 1.54) is 0 Å². The molecule has 0 unspecified atom stereocenters. The fourth-order valence-electron chi connectivity index (χ4n) is 1.72. The number of carbonyl (C=O) groups is 1. The molecule has 4 heteroatoms. The number of para-hydroxylation sites is 1. The summed E-state index contributed by atoms with van der Waals surface area (Å²) < 4.78 is 1.61. The van der Waals surface area contributed by atoms with Gasteiger partial charge in [0.15, 0.2) is 5.78 Å². The van der Waals surface area contributed by atoms with Gasteiger partial charge in [0, 0.05) is 5.92 Å². The highest BCUT2D eigenvalue weighted by molar-refractivity contribution is 5.98. The van der Waals surface area contributed by atoms with Crippen LogP contribution in [0.25, 0.3) is 5.69 Å². The molecule has 0 spiro atoms. The lowest BCUT2D eigenvalue weighted by atomic mass is 10.2. The number of hydrogen-bond acceptors (Lipinski definition) is 3. The van der Waals surface area contributed by atoms with Gasteiger partial charge in [-0.3, -0.25) is 4.79 Å². The van der Waals surface area contributed by atoms with E-state index in [1.54, 1.807) is 10.9 Å². The van der Waals surface area contributed by atoms with Crippen LogP contribution in [0.5, 0.6) is 0 Å². The number of hydrogen-bond donors (Lipinski definition) is 0. The summed E-state index contributed by atoms with van der Waals surface area (Å²) in [5.74, 6) is 0.356. The van der Waals surface area contributed by atoms with Gasteiger partial charge in [0.25, 0.3) is 0 Å². The molecule has 2 aromatic rings. The first-order valence-corrected chi connectivity index (χ1v) is 5.36. The number of carbonyl (C=O) groups excluding carboxylic acids is 1. The molecule has 1 aliphatic rings. The summed E-state index contributed by atoms with van der Waals surface area (Å²) in [5, 5.41) is 7.79. The summed E-state index contributed by atoms with van der Waals surface area (Å²) >= 11 is 0. The van der Waals surface area contributed by atoms with E-state index < -0.39 is 0 Å². The van der Waals surface area contributed by atoms with Crippen molar-refractivity contribution in [1.82, 2.24) is 15.0 Å². The number of aromatic nitrogens is 3. The SMILES string of the molecule is O=C(c1cnnn1-c1ccccc1)C1CC1. The van der Waals surface area contributed by atoms with Crippen LogP contribution in [0.3, 0.4) is 0 Å². The zero-order valence-corrected chi connectivity index (χ0v) is 8.71. The second-order valence-electron chi connectivity index (χ2n) is 4.01. The molecule has 1 saturated carbocycles. The molecule has 1 aromatic carbocycles. The number of nitrogens with zero attached hydrogens (tertiary/aromatic N) is 3. The van der Waals surface area contributed by atoms with Crippen molar-refractivity contribution >= 4 is 5.78 Å². The van der Waals surface area contributed by atoms with Gasteiger partial charge < -0.3 is 0 Å². The molecular weight excluding hydrogens is 202 g/mol. The standard InChI is InChI=1S/C12H11N3O/c16-12(9-6-7-9)11-8-13-14-15(11)10-4-2-1-3-5-10/h1-5,8-9H,6-7H2. The third-order valence-electron chi connectivity index (χ3n) is 2.75. The topological polar surface area (TPSA) is 47.8 Å². The zero-order chi connectivity index (χ0) is 11.0. The van der Waals surface area contributed by atoms with E-state index >= 15 is 0 Å². The van der Waals surface area contributed by atoms with Crippen molar-refractivity contribution in [3.63, 3.8) is 0 Å². The molecule has 0 N–H and O–H groups in total. The minimum Gasteiger partial charge on any atom is -0.292 e. The first-order valence-electron chi connectivity index (χ1n) is 5.36. The number of Topliss-reactive ketones (excluding diaryl/α,β-unsaturated/α-hetero) is 1. The normalized spacial score (nSPS) is 15.0. The summed E-state index contributed by atoms with van der Waals surface area (Å²) in [6.07, 6.45) is 3.55. The smallest absolute Gasteiger partial charge is 0.186 e. The van der Waals surface area contributed by atoms with Gasteiger partial charge in [-0.25, -0.2) is 4.68 Å². The highest BCUT2D eigenvalue weighted by Crippen LogP contribution is 2.32.